The molecule has 1 rings (SSSR count). The topological polar surface area (TPSA) is 24.9 Å². The van der Waals surface area contributed by atoms with Crippen molar-refractivity contribution in [1.29, 1.82) is 0 Å². The highest BCUT2D eigenvalue weighted by Gasteiger charge is 2.06. The van der Waals surface area contributed by atoms with Gasteiger partial charge in [-0.15, -0.1) is 0 Å². The van der Waals surface area contributed by atoms with E-state index in [2.05, 4.69) is 36.5 Å². The Hall–Kier alpha value is -0.540. The summed E-state index contributed by atoms with van der Waals surface area (Å²) in [5.41, 5.74) is 2.63. The van der Waals surface area contributed by atoms with Crippen LogP contribution in [0.2, 0.25) is 0 Å². The standard InChI is InChI=1S/C13H22N2S/c1-11-6-8-14-10-13(11)12(2)15-7-4-5-9-16-3/h6,8,10,12,15H,4-5,7,9H2,1-3H3. The number of thioether (sulfide) groups is 1. The molecule has 1 atom stereocenters. The quantitative estimate of drug-likeness (QED) is 0.739. The van der Waals surface area contributed by atoms with E-state index < -0.39 is 0 Å². The van der Waals surface area contributed by atoms with Crippen molar-refractivity contribution in [2.75, 3.05) is 18.6 Å². The van der Waals surface area contributed by atoms with Gasteiger partial charge in [-0.2, -0.15) is 11.8 Å². The van der Waals surface area contributed by atoms with E-state index in [9.17, 15) is 0 Å². The van der Waals surface area contributed by atoms with Gasteiger partial charge in [0.25, 0.3) is 0 Å². The maximum atomic E-state index is 4.18. The third kappa shape index (κ3) is 4.54. The second-order valence-electron chi connectivity index (χ2n) is 4.11. The fourth-order valence-electron chi connectivity index (χ4n) is 1.73. The third-order valence-corrected chi connectivity index (χ3v) is 3.47. The molecular weight excluding hydrogens is 216 g/mol. The summed E-state index contributed by atoms with van der Waals surface area (Å²) in [4.78, 5) is 4.18. The Bertz CT molecular complexity index is 302. The maximum absolute atomic E-state index is 4.18. The van der Waals surface area contributed by atoms with Crippen LogP contribution in [-0.2, 0) is 0 Å². The molecule has 3 heteroatoms. The second kappa shape index (κ2) is 7.69. The number of pyridine rings is 1. The van der Waals surface area contributed by atoms with Crippen LogP contribution in [0.3, 0.4) is 0 Å². The molecular formula is C13H22N2S. The van der Waals surface area contributed by atoms with Crippen LogP contribution in [0.4, 0.5) is 0 Å². The average molecular weight is 238 g/mol. The molecule has 0 bridgehead atoms. The summed E-state index contributed by atoms with van der Waals surface area (Å²) in [5.74, 6) is 1.27. The molecule has 0 aliphatic carbocycles. The lowest BCUT2D eigenvalue weighted by Gasteiger charge is -2.15. The summed E-state index contributed by atoms with van der Waals surface area (Å²) in [7, 11) is 0. The number of hydrogen-bond donors (Lipinski definition) is 1. The Morgan fingerprint density at radius 3 is 2.94 bits per heavy atom. The number of aromatic nitrogens is 1. The van der Waals surface area contributed by atoms with Crippen LogP contribution in [0, 0.1) is 6.92 Å². The van der Waals surface area contributed by atoms with Crippen molar-refractivity contribution in [1.82, 2.24) is 10.3 Å². The van der Waals surface area contributed by atoms with Gasteiger partial charge in [0.2, 0.25) is 0 Å². The van der Waals surface area contributed by atoms with Crippen LogP contribution in [0.1, 0.15) is 36.9 Å². The second-order valence-corrected chi connectivity index (χ2v) is 5.09. The summed E-state index contributed by atoms with van der Waals surface area (Å²) < 4.78 is 0. The van der Waals surface area contributed by atoms with Gasteiger partial charge in [0, 0.05) is 18.4 Å². The van der Waals surface area contributed by atoms with E-state index in [1.54, 1.807) is 0 Å². The molecule has 1 N–H and O–H groups in total. The molecule has 0 aromatic carbocycles. The van der Waals surface area contributed by atoms with E-state index in [0.717, 1.165) is 6.54 Å². The van der Waals surface area contributed by atoms with Crippen molar-refractivity contribution in [2.24, 2.45) is 0 Å². The summed E-state index contributed by atoms with van der Waals surface area (Å²) in [5, 5.41) is 3.55. The van der Waals surface area contributed by atoms with Gasteiger partial charge in [0.05, 0.1) is 0 Å². The zero-order valence-electron chi connectivity index (χ0n) is 10.5. The Morgan fingerprint density at radius 1 is 1.44 bits per heavy atom. The average Bonchev–Trinajstić information content (AvgIpc) is 2.29. The summed E-state index contributed by atoms with van der Waals surface area (Å²) in [6.07, 6.45) is 8.53. The lowest BCUT2D eigenvalue weighted by Crippen LogP contribution is -2.20. The zero-order valence-corrected chi connectivity index (χ0v) is 11.3. The SMILES string of the molecule is CSCCCCNC(C)c1cnccc1C. The third-order valence-electron chi connectivity index (χ3n) is 2.77. The summed E-state index contributed by atoms with van der Waals surface area (Å²) >= 11 is 1.92. The van der Waals surface area contributed by atoms with Gasteiger partial charge in [0.15, 0.2) is 0 Å². The summed E-state index contributed by atoms with van der Waals surface area (Å²) in [6, 6.07) is 2.48. The molecule has 16 heavy (non-hydrogen) atoms. The zero-order chi connectivity index (χ0) is 11.8. The Labute approximate surface area is 103 Å². The number of rotatable bonds is 7. The van der Waals surface area contributed by atoms with Crippen molar-refractivity contribution >= 4 is 11.8 Å². The molecule has 0 amide bonds. The highest BCUT2D eigenvalue weighted by atomic mass is 32.2. The van der Waals surface area contributed by atoms with Crippen molar-refractivity contribution in [3.8, 4) is 0 Å². The Kier molecular flexibility index (Phi) is 6.50. The van der Waals surface area contributed by atoms with Gasteiger partial charge < -0.3 is 5.32 Å². The minimum atomic E-state index is 0.406. The van der Waals surface area contributed by atoms with Gasteiger partial charge >= 0.3 is 0 Å². The van der Waals surface area contributed by atoms with E-state index in [-0.39, 0.29) is 0 Å². The van der Waals surface area contributed by atoms with Crippen LogP contribution in [0.5, 0.6) is 0 Å². The molecule has 90 valence electrons. The number of hydrogen-bond acceptors (Lipinski definition) is 3. The molecule has 2 nitrogen and oxygen atoms in total. The molecule has 0 fully saturated rings. The van der Waals surface area contributed by atoms with Crippen LogP contribution in [-0.4, -0.2) is 23.5 Å². The molecule has 1 aromatic heterocycles. The van der Waals surface area contributed by atoms with Crippen LogP contribution < -0.4 is 5.32 Å². The first-order valence-corrected chi connectivity index (χ1v) is 7.28. The van der Waals surface area contributed by atoms with Crippen LogP contribution in [0.25, 0.3) is 0 Å². The first-order valence-electron chi connectivity index (χ1n) is 5.88. The molecule has 0 saturated heterocycles. The predicted octanol–water partition coefficient (Wildman–Crippen LogP) is 3.18. The molecule has 0 spiro atoms. The molecule has 1 aromatic rings. The number of aryl methyl sites for hydroxylation is 1. The predicted molar refractivity (Wildman–Crippen MR) is 73.0 cm³/mol. The smallest absolute Gasteiger partial charge is 0.0318 e. The van der Waals surface area contributed by atoms with Gasteiger partial charge in [0.1, 0.15) is 0 Å². The fraction of sp³-hybridized carbons (Fsp3) is 0.615. The Balaban J connectivity index is 2.30. The maximum Gasteiger partial charge on any atom is 0.0318 e. The lowest BCUT2D eigenvalue weighted by atomic mass is 10.1. The monoisotopic (exact) mass is 238 g/mol. The van der Waals surface area contributed by atoms with E-state index in [4.69, 9.17) is 0 Å². The minimum absolute atomic E-state index is 0.406. The number of nitrogens with one attached hydrogen (secondary N) is 1. The normalized spacial score (nSPS) is 12.7. The molecule has 0 saturated carbocycles. The van der Waals surface area contributed by atoms with Gasteiger partial charge in [-0.25, -0.2) is 0 Å². The van der Waals surface area contributed by atoms with E-state index in [1.807, 2.05) is 24.2 Å². The van der Waals surface area contributed by atoms with Gasteiger partial charge in [-0.1, -0.05) is 0 Å². The van der Waals surface area contributed by atoms with Crippen LogP contribution >= 0.6 is 11.8 Å². The molecule has 0 aliphatic rings. The molecule has 1 heterocycles. The molecule has 1 unspecified atom stereocenters. The van der Waals surface area contributed by atoms with Crippen LogP contribution in [0.15, 0.2) is 18.5 Å². The first-order chi connectivity index (χ1) is 7.75. The van der Waals surface area contributed by atoms with Crippen molar-refractivity contribution < 1.29 is 0 Å². The molecule has 0 aliphatic heterocycles. The highest BCUT2D eigenvalue weighted by molar-refractivity contribution is 7.98. The minimum Gasteiger partial charge on any atom is -0.310 e. The van der Waals surface area contributed by atoms with Gasteiger partial charge in [-0.05, 0) is 62.4 Å². The van der Waals surface area contributed by atoms with E-state index in [0.29, 0.717) is 6.04 Å². The largest absolute Gasteiger partial charge is 0.310 e. The molecule has 0 radical (unpaired) electrons. The highest BCUT2D eigenvalue weighted by Crippen LogP contribution is 2.15. The first kappa shape index (κ1) is 13.5. The Morgan fingerprint density at radius 2 is 2.25 bits per heavy atom. The lowest BCUT2D eigenvalue weighted by molar-refractivity contribution is 0.552. The van der Waals surface area contributed by atoms with Crippen molar-refractivity contribution in [3.05, 3.63) is 29.6 Å². The van der Waals surface area contributed by atoms with Crippen molar-refractivity contribution in [2.45, 2.75) is 32.7 Å². The number of nitrogens with zero attached hydrogens (tertiary/aromatic N) is 1. The van der Waals surface area contributed by atoms with E-state index >= 15 is 0 Å². The van der Waals surface area contributed by atoms with Gasteiger partial charge in [-0.3, -0.25) is 4.98 Å². The van der Waals surface area contributed by atoms with Crippen molar-refractivity contribution in [3.63, 3.8) is 0 Å². The summed E-state index contributed by atoms with van der Waals surface area (Å²) in [6.45, 7) is 5.44. The fourth-order valence-corrected chi connectivity index (χ4v) is 2.22. The van der Waals surface area contributed by atoms with E-state index in [1.165, 1.54) is 29.7 Å². The number of unbranched alkanes of at least 4 members (excludes halogenated alkanes) is 1.